The minimum absolute atomic E-state index is 0.00784. The summed E-state index contributed by atoms with van der Waals surface area (Å²) in [4.78, 5) is 21.7. The van der Waals surface area contributed by atoms with Gasteiger partial charge in [-0.3, -0.25) is 0 Å². The highest BCUT2D eigenvalue weighted by Gasteiger charge is 2.12. The number of hydrogen-bond acceptors (Lipinski definition) is 3. The third kappa shape index (κ3) is 6.81. The highest BCUT2D eigenvalue weighted by Crippen LogP contribution is 2.19. The standard InChI is InChI=1S/C13H22N2O4/c16-11(12(17)18)7-9-15-13(19)14-8-6-10-4-2-1-3-5-10/h4,11,16H,1-3,5-9H2,(H,17,18)(H2,14,15,19). The lowest BCUT2D eigenvalue weighted by Gasteiger charge is -2.13. The highest BCUT2D eigenvalue weighted by atomic mass is 16.4. The first-order valence-electron chi connectivity index (χ1n) is 6.70. The van der Waals surface area contributed by atoms with E-state index >= 15 is 0 Å². The number of carboxylic acids is 1. The number of allylic oxidation sites excluding steroid dienone is 1. The van der Waals surface area contributed by atoms with Crippen molar-refractivity contribution in [1.29, 1.82) is 0 Å². The van der Waals surface area contributed by atoms with Gasteiger partial charge in [-0.15, -0.1) is 0 Å². The SMILES string of the molecule is O=C(NCCC1=CCCCC1)NCCC(O)C(=O)O. The normalized spacial score (nSPS) is 16.4. The van der Waals surface area contributed by atoms with Gasteiger partial charge in [-0.2, -0.15) is 0 Å². The lowest BCUT2D eigenvalue weighted by Crippen LogP contribution is -2.38. The molecule has 1 aliphatic rings. The number of aliphatic carboxylic acids is 1. The van der Waals surface area contributed by atoms with Crippen molar-refractivity contribution in [2.75, 3.05) is 13.1 Å². The second kappa shape index (κ2) is 8.53. The van der Waals surface area contributed by atoms with E-state index < -0.39 is 12.1 Å². The fourth-order valence-electron chi connectivity index (χ4n) is 1.98. The van der Waals surface area contributed by atoms with Crippen LogP contribution in [0.3, 0.4) is 0 Å². The van der Waals surface area contributed by atoms with Crippen LogP contribution in [0.4, 0.5) is 4.79 Å². The Hall–Kier alpha value is -1.56. The number of carbonyl (C=O) groups is 2. The number of urea groups is 1. The van der Waals surface area contributed by atoms with Crippen LogP contribution in [0.2, 0.25) is 0 Å². The van der Waals surface area contributed by atoms with Crippen molar-refractivity contribution in [2.45, 2.75) is 44.6 Å². The number of hydrogen-bond donors (Lipinski definition) is 4. The summed E-state index contributed by atoms with van der Waals surface area (Å²) < 4.78 is 0. The third-order valence-electron chi connectivity index (χ3n) is 3.11. The van der Waals surface area contributed by atoms with Crippen LogP contribution in [0, 0.1) is 0 Å². The number of aliphatic hydroxyl groups excluding tert-OH is 1. The average Bonchev–Trinajstić information content (AvgIpc) is 2.39. The molecule has 4 N–H and O–H groups in total. The summed E-state index contributed by atoms with van der Waals surface area (Å²) in [7, 11) is 0. The van der Waals surface area contributed by atoms with E-state index in [2.05, 4.69) is 16.7 Å². The fourth-order valence-corrected chi connectivity index (χ4v) is 1.98. The Morgan fingerprint density at radius 1 is 1.26 bits per heavy atom. The predicted octanol–water partition coefficient (Wildman–Crippen LogP) is 1.01. The molecule has 19 heavy (non-hydrogen) atoms. The maximum Gasteiger partial charge on any atom is 0.332 e. The van der Waals surface area contributed by atoms with Crippen LogP contribution in [-0.4, -0.2) is 41.4 Å². The highest BCUT2D eigenvalue weighted by molar-refractivity contribution is 5.74. The number of rotatable bonds is 7. The molecule has 0 saturated heterocycles. The van der Waals surface area contributed by atoms with Gasteiger partial charge in [-0.05, 0) is 32.1 Å². The molecular weight excluding hydrogens is 248 g/mol. The summed E-state index contributed by atoms with van der Waals surface area (Å²) in [6.07, 6.45) is 6.43. The molecule has 0 radical (unpaired) electrons. The van der Waals surface area contributed by atoms with E-state index in [-0.39, 0.29) is 19.0 Å². The molecule has 0 heterocycles. The first-order chi connectivity index (χ1) is 9.09. The van der Waals surface area contributed by atoms with Crippen LogP contribution in [0.15, 0.2) is 11.6 Å². The van der Waals surface area contributed by atoms with Crippen LogP contribution < -0.4 is 10.6 Å². The van der Waals surface area contributed by atoms with E-state index in [1.54, 1.807) is 0 Å². The van der Waals surface area contributed by atoms with Gasteiger partial charge in [0.25, 0.3) is 0 Å². The maximum atomic E-state index is 11.4. The van der Waals surface area contributed by atoms with Gasteiger partial charge in [0.15, 0.2) is 6.10 Å². The van der Waals surface area contributed by atoms with Crippen LogP contribution in [0.25, 0.3) is 0 Å². The van der Waals surface area contributed by atoms with Crippen LogP contribution in [0.1, 0.15) is 38.5 Å². The Kier molecular flexibility index (Phi) is 6.95. The molecule has 0 bridgehead atoms. The molecule has 0 aromatic carbocycles. The smallest absolute Gasteiger partial charge is 0.332 e. The van der Waals surface area contributed by atoms with Gasteiger partial charge < -0.3 is 20.8 Å². The van der Waals surface area contributed by atoms with Crippen molar-refractivity contribution in [3.8, 4) is 0 Å². The molecule has 2 amide bonds. The van der Waals surface area contributed by atoms with E-state index in [0.29, 0.717) is 6.54 Å². The molecule has 0 aliphatic heterocycles. The van der Waals surface area contributed by atoms with Crippen LogP contribution in [-0.2, 0) is 4.79 Å². The number of aliphatic hydroxyl groups is 1. The number of nitrogens with one attached hydrogen (secondary N) is 2. The molecule has 6 heteroatoms. The molecule has 0 aromatic rings. The monoisotopic (exact) mass is 270 g/mol. The summed E-state index contributed by atoms with van der Waals surface area (Å²) in [5.74, 6) is -1.27. The second-order valence-electron chi connectivity index (χ2n) is 4.68. The minimum atomic E-state index is -1.42. The van der Waals surface area contributed by atoms with Gasteiger partial charge in [0.1, 0.15) is 0 Å². The topological polar surface area (TPSA) is 98.7 Å². The van der Waals surface area contributed by atoms with Crippen molar-refractivity contribution < 1.29 is 19.8 Å². The molecule has 1 atom stereocenters. The fraction of sp³-hybridized carbons (Fsp3) is 0.692. The quantitative estimate of drug-likeness (QED) is 0.519. The van der Waals surface area contributed by atoms with E-state index in [9.17, 15) is 9.59 Å². The summed E-state index contributed by atoms with van der Waals surface area (Å²) >= 11 is 0. The average molecular weight is 270 g/mol. The Bertz CT molecular complexity index is 342. The Morgan fingerprint density at radius 2 is 2.00 bits per heavy atom. The predicted molar refractivity (Wildman–Crippen MR) is 70.8 cm³/mol. The molecule has 1 aliphatic carbocycles. The number of carboxylic acid groups (broad SMARTS) is 1. The number of amides is 2. The van der Waals surface area contributed by atoms with E-state index in [1.165, 1.54) is 18.4 Å². The van der Waals surface area contributed by atoms with E-state index in [0.717, 1.165) is 19.3 Å². The summed E-state index contributed by atoms with van der Waals surface area (Å²) in [6.45, 7) is 0.723. The Balaban J connectivity index is 2.04. The molecule has 0 aromatic heterocycles. The second-order valence-corrected chi connectivity index (χ2v) is 4.68. The van der Waals surface area contributed by atoms with Crippen molar-refractivity contribution in [3.05, 3.63) is 11.6 Å². The molecule has 0 spiro atoms. The minimum Gasteiger partial charge on any atom is -0.479 e. The lowest BCUT2D eigenvalue weighted by atomic mass is 9.97. The summed E-state index contributed by atoms with van der Waals surface area (Å²) in [5, 5.41) is 22.7. The van der Waals surface area contributed by atoms with Gasteiger partial charge in [-0.1, -0.05) is 11.6 Å². The zero-order chi connectivity index (χ0) is 14.1. The molecule has 6 nitrogen and oxygen atoms in total. The van der Waals surface area contributed by atoms with E-state index in [4.69, 9.17) is 10.2 Å². The molecule has 0 saturated carbocycles. The lowest BCUT2D eigenvalue weighted by molar-refractivity contribution is -0.146. The molecule has 0 fully saturated rings. The van der Waals surface area contributed by atoms with Gasteiger partial charge in [0, 0.05) is 19.5 Å². The maximum absolute atomic E-state index is 11.4. The van der Waals surface area contributed by atoms with E-state index in [1.807, 2.05) is 0 Å². The zero-order valence-corrected chi connectivity index (χ0v) is 11.0. The largest absolute Gasteiger partial charge is 0.479 e. The van der Waals surface area contributed by atoms with Crippen LogP contribution >= 0.6 is 0 Å². The first-order valence-corrected chi connectivity index (χ1v) is 6.70. The van der Waals surface area contributed by atoms with Gasteiger partial charge in [0.2, 0.25) is 0 Å². The van der Waals surface area contributed by atoms with Crippen molar-refractivity contribution in [1.82, 2.24) is 10.6 Å². The summed E-state index contributed by atoms with van der Waals surface area (Å²) in [5.41, 5.74) is 1.40. The zero-order valence-electron chi connectivity index (χ0n) is 11.0. The Morgan fingerprint density at radius 3 is 2.63 bits per heavy atom. The Labute approximate surface area is 112 Å². The molecule has 1 unspecified atom stereocenters. The van der Waals surface area contributed by atoms with Crippen LogP contribution in [0.5, 0.6) is 0 Å². The summed E-state index contributed by atoms with van der Waals surface area (Å²) in [6, 6.07) is -0.325. The van der Waals surface area contributed by atoms with Gasteiger partial charge in [0.05, 0.1) is 0 Å². The molecular formula is C13H22N2O4. The third-order valence-corrected chi connectivity index (χ3v) is 3.11. The molecule has 108 valence electrons. The van der Waals surface area contributed by atoms with Gasteiger partial charge >= 0.3 is 12.0 Å². The molecule has 1 rings (SSSR count). The van der Waals surface area contributed by atoms with Crippen molar-refractivity contribution >= 4 is 12.0 Å². The van der Waals surface area contributed by atoms with Gasteiger partial charge in [-0.25, -0.2) is 9.59 Å². The first kappa shape index (κ1) is 15.5. The van der Waals surface area contributed by atoms with Crippen molar-refractivity contribution in [2.24, 2.45) is 0 Å². The van der Waals surface area contributed by atoms with Crippen molar-refractivity contribution in [3.63, 3.8) is 0 Å². The number of carbonyl (C=O) groups excluding carboxylic acids is 1.